The van der Waals surface area contributed by atoms with Gasteiger partial charge in [-0.05, 0) is 39.7 Å². The molecule has 2 rings (SSSR count). The van der Waals surface area contributed by atoms with Gasteiger partial charge in [-0.15, -0.1) is 0 Å². The smallest absolute Gasteiger partial charge is 0.221 e. The second-order valence-electron chi connectivity index (χ2n) is 7.08. The molecule has 1 saturated carbocycles. The first kappa shape index (κ1) is 15.7. The van der Waals surface area contributed by atoms with Crippen molar-refractivity contribution in [3.05, 3.63) is 0 Å². The molecule has 0 spiro atoms. The van der Waals surface area contributed by atoms with Crippen LogP contribution in [0.4, 0.5) is 0 Å². The maximum atomic E-state index is 11.9. The molecule has 1 unspecified atom stereocenters. The lowest BCUT2D eigenvalue weighted by molar-refractivity contribution is -0.122. The normalized spacial score (nSPS) is 23.6. The highest BCUT2D eigenvalue weighted by molar-refractivity contribution is 5.76. The van der Waals surface area contributed by atoms with Crippen molar-refractivity contribution >= 4 is 5.91 Å². The van der Waals surface area contributed by atoms with Gasteiger partial charge >= 0.3 is 0 Å². The lowest BCUT2D eigenvalue weighted by Crippen LogP contribution is -2.58. The Labute approximate surface area is 122 Å². The summed E-state index contributed by atoms with van der Waals surface area (Å²) in [6, 6.07) is 0.0572. The van der Waals surface area contributed by atoms with Gasteiger partial charge in [0.25, 0.3) is 0 Å². The van der Waals surface area contributed by atoms with Crippen molar-refractivity contribution < 1.29 is 4.79 Å². The van der Waals surface area contributed by atoms with Crippen LogP contribution < -0.4 is 11.1 Å². The predicted octanol–water partition coefficient (Wildman–Crippen LogP) is 0.256. The van der Waals surface area contributed by atoms with E-state index in [-0.39, 0.29) is 17.5 Å². The zero-order valence-electron chi connectivity index (χ0n) is 13.2. The van der Waals surface area contributed by atoms with Crippen LogP contribution in [0.5, 0.6) is 0 Å². The molecule has 1 amide bonds. The fourth-order valence-electron chi connectivity index (χ4n) is 2.82. The molecule has 20 heavy (non-hydrogen) atoms. The van der Waals surface area contributed by atoms with E-state index in [1.54, 1.807) is 0 Å². The molecule has 5 heteroatoms. The van der Waals surface area contributed by atoms with Gasteiger partial charge in [-0.3, -0.25) is 9.69 Å². The molecule has 0 aromatic carbocycles. The van der Waals surface area contributed by atoms with Gasteiger partial charge in [0.1, 0.15) is 0 Å². The zero-order chi connectivity index (χ0) is 14.8. The van der Waals surface area contributed by atoms with Crippen LogP contribution in [0.25, 0.3) is 0 Å². The van der Waals surface area contributed by atoms with Crippen LogP contribution in [0.3, 0.4) is 0 Å². The molecule has 116 valence electrons. The van der Waals surface area contributed by atoms with Crippen molar-refractivity contribution in [1.29, 1.82) is 0 Å². The number of carbonyl (C=O) groups is 1. The fourth-order valence-corrected chi connectivity index (χ4v) is 2.82. The minimum atomic E-state index is 0.0145. The van der Waals surface area contributed by atoms with Crippen molar-refractivity contribution in [3.63, 3.8) is 0 Å². The Balaban J connectivity index is 1.72. The van der Waals surface area contributed by atoms with Gasteiger partial charge in [-0.2, -0.15) is 0 Å². The third-order valence-corrected chi connectivity index (χ3v) is 4.73. The predicted molar refractivity (Wildman–Crippen MR) is 81.5 cm³/mol. The van der Waals surface area contributed by atoms with E-state index in [1.165, 1.54) is 12.8 Å². The van der Waals surface area contributed by atoms with Gasteiger partial charge in [-0.1, -0.05) is 0 Å². The number of hydrogen-bond acceptors (Lipinski definition) is 4. The quantitative estimate of drug-likeness (QED) is 0.733. The van der Waals surface area contributed by atoms with Gasteiger partial charge in [0.05, 0.1) is 0 Å². The lowest BCUT2D eigenvalue weighted by Gasteiger charge is -2.43. The fraction of sp³-hybridized carbons (Fsp3) is 0.933. The topological polar surface area (TPSA) is 61.6 Å². The Morgan fingerprint density at radius 3 is 2.45 bits per heavy atom. The van der Waals surface area contributed by atoms with Crippen LogP contribution in [-0.2, 0) is 4.79 Å². The number of likely N-dealkylation sites (N-methyl/N-ethyl adjacent to an activating group) is 1. The highest BCUT2D eigenvalue weighted by atomic mass is 16.1. The monoisotopic (exact) mass is 282 g/mol. The molecule has 0 bridgehead atoms. The molecule has 1 aliphatic heterocycles. The molecule has 5 nitrogen and oxygen atoms in total. The molecule has 3 N–H and O–H groups in total. The van der Waals surface area contributed by atoms with E-state index in [0.717, 1.165) is 26.2 Å². The van der Waals surface area contributed by atoms with E-state index in [0.29, 0.717) is 18.9 Å². The highest BCUT2D eigenvalue weighted by Crippen LogP contribution is 2.32. The van der Waals surface area contributed by atoms with Crippen molar-refractivity contribution in [1.82, 2.24) is 15.1 Å². The third-order valence-electron chi connectivity index (χ3n) is 4.73. The molecule has 0 aromatic rings. The lowest BCUT2D eigenvalue weighted by atomic mass is 10.0. The first-order valence-electron chi connectivity index (χ1n) is 7.84. The average molecular weight is 282 g/mol. The van der Waals surface area contributed by atoms with E-state index >= 15 is 0 Å². The number of nitrogens with zero attached hydrogens (tertiary/aromatic N) is 2. The summed E-state index contributed by atoms with van der Waals surface area (Å²) < 4.78 is 0. The SMILES string of the molecule is CN1CCN(C(C)(C)CNC(=O)CC(N)C2CC2)CC1. The van der Waals surface area contributed by atoms with E-state index in [4.69, 9.17) is 5.73 Å². The number of rotatable bonds is 6. The van der Waals surface area contributed by atoms with E-state index in [2.05, 4.69) is 36.0 Å². The summed E-state index contributed by atoms with van der Waals surface area (Å²) in [5, 5.41) is 3.07. The van der Waals surface area contributed by atoms with Gasteiger partial charge in [0, 0.05) is 50.7 Å². The number of nitrogens with two attached hydrogens (primary N) is 1. The summed E-state index contributed by atoms with van der Waals surface area (Å²) in [6.45, 7) is 9.46. The van der Waals surface area contributed by atoms with E-state index in [1.807, 2.05) is 0 Å². The Morgan fingerprint density at radius 1 is 1.30 bits per heavy atom. The van der Waals surface area contributed by atoms with Crippen LogP contribution in [-0.4, -0.2) is 67.1 Å². The molecule has 2 aliphatic rings. The molecule has 0 radical (unpaired) electrons. The minimum absolute atomic E-state index is 0.0145. The largest absolute Gasteiger partial charge is 0.354 e. The van der Waals surface area contributed by atoms with Crippen LogP contribution in [0, 0.1) is 5.92 Å². The van der Waals surface area contributed by atoms with E-state index in [9.17, 15) is 4.79 Å². The summed E-state index contributed by atoms with van der Waals surface area (Å²) in [6.07, 6.45) is 2.87. The van der Waals surface area contributed by atoms with Gasteiger partial charge in [0.2, 0.25) is 5.91 Å². The van der Waals surface area contributed by atoms with Crippen molar-refractivity contribution in [2.45, 2.75) is 44.7 Å². The van der Waals surface area contributed by atoms with Gasteiger partial charge in [0.15, 0.2) is 0 Å². The molecule has 2 fully saturated rings. The molecular formula is C15H30N4O. The molecule has 1 atom stereocenters. The van der Waals surface area contributed by atoms with Gasteiger partial charge in [-0.25, -0.2) is 0 Å². The summed E-state index contributed by atoms with van der Waals surface area (Å²) in [5.74, 6) is 0.693. The van der Waals surface area contributed by atoms with E-state index < -0.39 is 0 Å². The molecule has 0 aromatic heterocycles. The Kier molecular flexibility index (Phi) is 5.04. The first-order chi connectivity index (χ1) is 9.38. The van der Waals surface area contributed by atoms with Crippen molar-refractivity contribution in [3.8, 4) is 0 Å². The first-order valence-corrected chi connectivity index (χ1v) is 7.84. The summed E-state index contributed by atoms with van der Waals surface area (Å²) in [7, 11) is 2.16. The number of piperazine rings is 1. The molecule has 1 aliphatic carbocycles. The summed E-state index contributed by atoms with van der Waals surface area (Å²) in [5.41, 5.74) is 6.02. The second-order valence-corrected chi connectivity index (χ2v) is 7.08. The Morgan fingerprint density at radius 2 is 1.90 bits per heavy atom. The maximum Gasteiger partial charge on any atom is 0.221 e. The summed E-state index contributed by atoms with van der Waals surface area (Å²) in [4.78, 5) is 16.8. The minimum Gasteiger partial charge on any atom is -0.354 e. The standard InChI is InChI=1S/C15H30N4O/c1-15(2,19-8-6-18(3)7-9-19)11-17-14(20)10-13(16)12-4-5-12/h12-13H,4-11,16H2,1-3H3,(H,17,20). The second kappa shape index (κ2) is 6.41. The maximum absolute atomic E-state index is 11.9. The number of hydrogen-bond donors (Lipinski definition) is 2. The zero-order valence-corrected chi connectivity index (χ0v) is 13.2. The Hall–Kier alpha value is -0.650. The van der Waals surface area contributed by atoms with Gasteiger partial charge < -0.3 is 16.0 Å². The molecular weight excluding hydrogens is 252 g/mol. The average Bonchev–Trinajstić information content (AvgIpc) is 3.21. The number of amides is 1. The highest BCUT2D eigenvalue weighted by Gasteiger charge is 2.32. The summed E-state index contributed by atoms with van der Waals surface area (Å²) >= 11 is 0. The van der Waals surface area contributed by atoms with Crippen molar-refractivity contribution in [2.24, 2.45) is 11.7 Å². The Bertz CT molecular complexity index is 333. The molecule has 1 heterocycles. The van der Waals surface area contributed by atoms with Crippen LogP contribution in [0.2, 0.25) is 0 Å². The van der Waals surface area contributed by atoms with Crippen LogP contribution in [0.1, 0.15) is 33.1 Å². The number of nitrogens with one attached hydrogen (secondary N) is 1. The van der Waals surface area contributed by atoms with Crippen LogP contribution in [0.15, 0.2) is 0 Å². The van der Waals surface area contributed by atoms with Crippen LogP contribution >= 0.6 is 0 Å². The van der Waals surface area contributed by atoms with Crippen molar-refractivity contribution in [2.75, 3.05) is 39.8 Å². The number of carbonyl (C=O) groups excluding carboxylic acids is 1. The third kappa shape index (κ3) is 4.43. The molecule has 1 saturated heterocycles.